The summed E-state index contributed by atoms with van der Waals surface area (Å²) in [6.45, 7) is 0.270. The molecule has 0 saturated carbocycles. The highest BCUT2D eigenvalue weighted by molar-refractivity contribution is 9.10. The number of halogens is 3. The van der Waals surface area contributed by atoms with Crippen molar-refractivity contribution in [1.82, 2.24) is 4.90 Å². The van der Waals surface area contributed by atoms with Crippen molar-refractivity contribution >= 4 is 68.1 Å². The zero-order valence-corrected chi connectivity index (χ0v) is 17.4. The smallest absolute Gasteiger partial charge is 0.293 e. The van der Waals surface area contributed by atoms with Crippen molar-refractivity contribution in [3.63, 3.8) is 0 Å². The van der Waals surface area contributed by atoms with Crippen LogP contribution in [0.2, 0.25) is 10.0 Å². The van der Waals surface area contributed by atoms with Gasteiger partial charge in [0, 0.05) is 17.6 Å². The Hall–Kier alpha value is -1.47. The number of hydrogen-bond donors (Lipinski definition) is 0. The number of ether oxygens (including phenoxy) is 1. The number of hydrogen-bond acceptors (Lipinski definition) is 4. The number of thioether (sulfide) groups is 1. The van der Waals surface area contributed by atoms with Crippen LogP contribution in [0.3, 0.4) is 0 Å². The van der Waals surface area contributed by atoms with E-state index in [1.54, 1.807) is 24.3 Å². The van der Waals surface area contributed by atoms with Gasteiger partial charge in [0.2, 0.25) is 0 Å². The van der Waals surface area contributed by atoms with E-state index in [0.717, 1.165) is 22.2 Å². The maximum atomic E-state index is 12.0. The summed E-state index contributed by atoms with van der Waals surface area (Å²) in [7, 11) is 1.45. The van der Waals surface area contributed by atoms with Crippen molar-refractivity contribution < 1.29 is 14.3 Å². The molecule has 0 bridgehead atoms. The van der Waals surface area contributed by atoms with E-state index in [1.807, 2.05) is 18.2 Å². The first-order valence-electron chi connectivity index (χ1n) is 7.43. The van der Waals surface area contributed by atoms with Crippen LogP contribution in [0.5, 0.6) is 5.75 Å². The van der Waals surface area contributed by atoms with Gasteiger partial charge in [-0.25, -0.2) is 0 Å². The second-order valence-electron chi connectivity index (χ2n) is 5.43. The number of nitrogens with zero attached hydrogens (tertiary/aromatic N) is 1. The molecule has 2 amide bonds. The van der Waals surface area contributed by atoms with Gasteiger partial charge >= 0.3 is 0 Å². The average molecular weight is 473 g/mol. The molecule has 2 aromatic carbocycles. The highest BCUT2D eigenvalue weighted by Crippen LogP contribution is 2.37. The molecule has 3 rings (SSSR count). The average Bonchev–Trinajstić information content (AvgIpc) is 2.82. The molecule has 0 unspecified atom stereocenters. The minimum Gasteiger partial charge on any atom is -0.486 e. The summed E-state index contributed by atoms with van der Waals surface area (Å²) in [5.74, 6) is 0.152. The predicted octanol–water partition coefficient (Wildman–Crippen LogP) is 6.00. The van der Waals surface area contributed by atoms with Crippen LogP contribution in [0.25, 0.3) is 6.08 Å². The normalized spacial score (nSPS) is 15.8. The van der Waals surface area contributed by atoms with Gasteiger partial charge in [-0.15, -0.1) is 0 Å². The summed E-state index contributed by atoms with van der Waals surface area (Å²) in [5.41, 5.74) is 1.53. The molecular weight excluding hydrogens is 461 g/mol. The molecule has 0 N–H and O–H groups in total. The summed E-state index contributed by atoms with van der Waals surface area (Å²) in [6.07, 6.45) is 1.63. The van der Waals surface area contributed by atoms with Gasteiger partial charge < -0.3 is 4.74 Å². The molecular formula is C18H12BrCl2NO3S. The Morgan fingerprint density at radius 2 is 1.92 bits per heavy atom. The summed E-state index contributed by atoms with van der Waals surface area (Å²) >= 11 is 16.8. The van der Waals surface area contributed by atoms with E-state index >= 15 is 0 Å². The Kier molecular flexibility index (Phi) is 5.97. The molecule has 1 aliphatic heterocycles. The van der Waals surface area contributed by atoms with Crippen molar-refractivity contribution in [2.45, 2.75) is 6.61 Å². The lowest BCUT2D eigenvalue weighted by Gasteiger charge is -2.12. The van der Waals surface area contributed by atoms with E-state index in [2.05, 4.69) is 15.9 Å². The van der Waals surface area contributed by atoms with Crippen molar-refractivity contribution in [3.8, 4) is 5.75 Å². The van der Waals surface area contributed by atoms with Gasteiger partial charge in [0.1, 0.15) is 6.61 Å². The second kappa shape index (κ2) is 8.05. The summed E-state index contributed by atoms with van der Waals surface area (Å²) < 4.78 is 6.43. The maximum Gasteiger partial charge on any atom is 0.293 e. The Balaban J connectivity index is 1.82. The molecule has 1 aliphatic rings. The molecule has 0 aromatic heterocycles. The van der Waals surface area contributed by atoms with E-state index < -0.39 is 0 Å². The van der Waals surface area contributed by atoms with Crippen LogP contribution in [0.15, 0.2) is 45.8 Å². The molecule has 2 aromatic rings. The Morgan fingerprint density at radius 1 is 1.19 bits per heavy atom. The van der Waals surface area contributed by atoms with Gasteiger partial charge in [-0.05, 0) is 57.5 Å². The van der Waals surface area contributed by atoms with Gasteiger partial charge in [0.25, 0.3) is 11.1 Å². The molecule has 4 nitrogen and oxygen atoms in total. The number of rotatable bonds is 4. The van der Waals surface area contributed by atoms with Crippen LogP contribution in [-0.4, -0.2) is 23.1 Å². The third kappa shape index (κ3) is 4.09. The molecule has 1 fully saturated rings. The fourth-order valence-corrected chi connectivity index (χ4v) is 4.27. The number of carbonyl (C=O) groups excluding carboxylic acids is 2. The van der Waals surface area contributed by atoms with Crippen LogP contribution in [0, 0.1) is 0 Å². The highest BCUT2D eigenvalue weighted by atomic mass is 79.9. The molecule has 1 heterocycles. The van der Waals surface area contributed by atoms with Crippen LogP contribution < -0.4 is 4.74 Å². The summed E-state index contributed by atoms with van der Waals surface area (Å²) in [4.78, 5) is 25.0. The van der Waals surface area contributed by atoms with Gasteiger partial charge in [-0.2, -0.15) is 0 Å². The molecule has 0 radical (unpaired) electrons. The lowest BCUT2D eigenvalue weighted by Crippen LogP contribution is -2.22. The molecule has 134 valence electrons. The van der Waals surface area contributed by atoms with Gasteiger partial charge in [0.15, 0.2) is 5.75 Å². The largest absolute Gasteiger partial charge is 0.486 e. The number of likely N-dealkylation sites (N-methyl/N-ethyl adjacent to an activating group) is 1. The molecule has 26 heavy (non-hydrogen) atoms. The van der Waals surface area contributed by atoms with Crippen molar-refractivity contribution in [2.24, 2.45) is 0 Å². The van der Waals surface area contributed by atoms with E-state index in [9.17, 15) is 9.59 Å². The van der Waals surface area contributed by atoms with Crippen LogP contribution >= 0.6 is 50.9 Å². The predicted molar refractivity (Wildman–Crippen MR) is 109 cm³/mol. The molecule has 0 atom stereocenters. The molecule has 0 aliphatic carbocycles. The fraction of sp³-hybridized carbons (Fsp3) is 0.111. The molecule has 0 spiro atoms. The minimum atomic E-state index is -0.328. The first kappa shape index (κ1) is 19.3. The first-order valence-corrected chi connectivity index (χ1v) is 9.80. The molecule has 8 heteroatoms. The number of benzene rings is 2. The maximum absolute atomic E-state index is 12.0. The summed E-state index contributed by atoms with van der Waals surface area (Å²) in [5, 5.41) is 0.700. The van der Waals surface area contributed by atoms with Gasteiger partial charge in [0.05, 0.1) is 14.4 Å². The number of amides is 2. The van der Waals surface area contributed by atoms with E-state index in [-0.39, 0.29) is 17.8 Å². The van der Waals surface area contributed by atoms with Gasteiger partial charge in [-0.1, -0.05) is 41.4 Å². The Labute approximate surface area is 173 Å². The summed E-state index contributed by atoms with van der Waals surface area (Å²) in [6, 6.07) is 10.8. The Morgan fingerprint density at radius 3 is 2.54 bits per heavy atom. The monoisotopic (exact) mass is 471 g/mol. The topological polar surface area (TPSA) is 46.6 Å². The lowest BCUT2D eigenvalue weighted by atomic mass is 10.2. The first-order chi connectivity index (χ1) is 12.4. The fourth-order valence-electron chi connectivity index (χ4n) is 2.26. The SMILES string of the molecule is CN1C(=O)S/C(=C\c2cc(Cl)c(OCc3ccccc3Cl)c(Br)c2)C1=O. The Bertz CT molecular complexity index is 909. The number of carbonyl (C=O) groups is 2. The van der Waals surface area contributed by atoms with Crippen molar-refractivity contribution in [2.75, 3.05) is 7.05 Å². The third-order valence-electron chi connectivity index (χ3n) is 3.63. The molecule has 1 saturated heterocycles. The van der Waals surface area contributed by atoms with Crippen LogP contribution in [0.4, 0.5) is 4.79 Å². The van der Waals surface area contributed by atoms with E-state index in [1.165, 1.54) is 7.05 Å². The van der Waals surface area contributed by atoms with E-state index in [0.29, 0.717) is 30.7 Å². The minimum absolute atomic E-state index is 0.270. The number of imide groups is 1. The lowest BCUT2D eigenvalue weighted by molar-refractivity contribution is -0.121. The van der Waals surface area contributed by atoms with Crippen LogP contribution in [0.1, 0.15) is 11.1 Å². The van der Waals surface area contributed by atoms with Gasteiger partial charge in [-0.3, -0.25) is 14.5 Å². The third-order valence-corrected chi connectivity index (χ3v) is 5.83. The zero-order valence-electron chi connectivity index (χ0n) is 13.5. The van der Waals surface area contributed by atoms with E-state index in [4.69, 9.17) is 27.9 Å². The zero-order chi connectivity index (χ0) is 18.8. The van der Waals surface area contributed by atoms with Crippen molar-refractivity contribution in [3.05, 3.63) is 66.9 Å². The quantitative estimate of drug-likeness (QED) is 0.512. The highest BCUT2D eigenvalue weighted by Gasteiger charge is 2.31. The van der Waals surface area contributed by atoms with Crippen molar-refractivity contribution in [1.29, 1.82) is 0 Å². The second-order valence-corrected chi connectivity index (χ2v) is 8.10. The standard InChI is InChI=1S/C18H12BrCl2NO3S/c1-22-17(23)15(26-18(22)24)8-10-6-12(19)16(14(21)7-10)25-9-11-4-2-3-5-13(11)20/h2-8H,9H2,1H3/b15-8-. The van der Waals surface area contributed by atoms with Crippen LogP contribution in [-0.2, 0) is 11.4 Å².